The zero-order valence-electron chi connectivity index (χ0n) is 10.9. The van der Waals surface area contributed by atoms with Gasteiger partial charge < -0.3 is 5.11 Å². The highest BCUT2D eigenvalue weighted by molar-refractivity contribution is 7.15. The molecule has 1 saturated heterocycles. The van der Waals surface area contributed by atoms with E-state index in [1.165, 1.54) is 6.42 Å². The van der Waals surface area contributed by atoms with Crippen molar-refractivity contribution in [2.45, 2.75) is 44.9 Å². The summed E-state index contributed by atoms with van der Waals surface area (Å²) in [6, 6.07) is 0.459. The first-order valence-corrected chi connectivity index (χ1v) is 7.93. The summed E-state index contributed by atoms with van der Waals surface area (Å²) in [6.45, 7) is 3.75. The van der Waals surface area contributed by atoms with E-state index < -0.39 is 0 Å². The van der Waals surface area contributed by atoms with Gasteiger partial charge in [-0.25, -0.2) is 4.98 Å². The second-order valence-electron chi connectivity index (χ2n) is 5.26. The van der Waals surface area contributed by atoms with Crippen molar-refractivity contribution in [3.8, 4) is 0 Å². The average Bonchev–Trinajstić information content (AvgIpc) is 2.99. The molecule has 0 aromatic carbocycles. The highest BCUT2D eigenvalue weighted by Gasteiger charge is 2.27. The summed E-state index contributed by atoms with van der Waals surface area (Å²) in [5, 5.41) is 12.2. The second-order valence-corrected chi connectivity index (χ2v) is 6.49. The van der Waals surface area contributed by atoms with E-state index in [0.717, 1.165) is 36.6 Å². The Hall–Kier alpha value is -0.620. The fourth-order valence-electron chi connectivity index (χ4n) is 2.90. The number of hydrogen-bond donors (Lipinski definition) is 1. The van der Waals surface area contributed by atoms with Gasteiger partial charge in [0.2, 0.25) is 0 Å². The highest BCUT2D eigenvalue weighted by atomic mass is 35.5. The van der Waals surface area contributed by atoms with Crippen LogP contribution in [-0.2, 0) is 6.54 Å². The van der Waals surface area contributed by atoms with Crippen molar-refractivity contribution in [2.75, 3.05) is 6.54 Å². The Kier molecular flexibility index (Phi) is 3.80. The summed E-state index contributed by atoms with van der Waals surface area (Å²) < 4.78 is 2.07. The lowest BCUT2D eigenvalue weighted by Gasteiger charge is -2.25. The van der Waals surface area contributed by atoms with Crippen LogP contribution in [0.1, 0.15) is 31.9 Å². The molecule has 3 rings (SSSR count). The van der Waals surface area contributed by atoms with Gasteiger partial charge >= 0.3 is 0 Å². The molecule has 1 fully saturated rings. The van der Waals surface area contributed by atoms with Gasteiger partial charge in [0.25, 0.3) is 0 Å². The summed E-state index contributed by atoms with van der Waals surface area (Å²) in [7, 11) is 0. The van der Waals surface area contributed by atoms with Crippen molar-refractivity contribution in [3.05, 3.63) is 22.4 Å². The molecule has 2 atom stereocenters. The number of aliphatic hydroxyl groups is 1. The minimum atomic E-state index is -0.243. The maximum Gasteiger partial charge on any atom is 0.195 e. The fraction of sp³-hybridized carbons (Fsp3) is 0.615. The Balaban J connectivity index is 1.80. The molecule has 104 valence electrons. The van der Waals surface area contributed by atoms with Gasteiger partial charge in [0.05, 0.1) is 11.8 Å². The summed E-state index contributed by atoms with van der Waals surface area (Å²) in [4.78, 5) is 7.74. The van der Waals surface area contributed by atoms with Crippen LogP contribution in [0, 0.1) is 0 Å². The molecule has 0 radical (unpaired) electrons. The minimum Gasteiger partial charge on any atom is -0.393 e. The topological polar surface area (TPSA) is 40.8 Å². The summed E-state index contributed by atoms with van der Waals surface area (Å²) in [5.41, 5.74) is 1.07. The molecule has 0 bridgehead atoms. The Morgan fingerprint density at radius 3 is 3.26 bits per heavy atom. The van der Waals surface area contributed by atoms with Gasteiger partial charge in [-0.3, -0.25) is 9.30 Å². The Morgan fingerprint density at radius 1 is 1.63 bits per heavy atom. The molecule has 6 heteroatoms. The molecule has 0 amide bonds. The molecule has 1 aliphatic rings. The third kappa shape index (κ3) is 2.65. The molecule has 1 N–H and O–H groups in total. The number of aliphatic hydroxyl groups excluding tert-OH is 1. The lowest BCUT2D eigenvalue weighted by atomic mass is 10.1. The Morgan fingerprint density at radius 2 is 2.47 bits per heavy atom. The molecule has 3 heterocycles. The highest BCUT2D eigenvalue weighted by Crippen LogP contribution is 2.27. The van der Waals surface area contributed by atoms with Gasteiger partial charge in [0, 0.05) is 24.2 Å². The van der Waals surface area contributed by atoms with Gasteiger partial charge in [-0.15, -0.1) is 11.3 Å². The van der Waals surface area contributed by atoms with Gasteiger partial charge in [0.1, 0.15) is 0 Å². The number of rotatable bonds is 4. The number of aromatic nitrogens is 2. The molecule has 2 aromatic heterocycles. The van der Waals surface area contributed by atoms with E-state index in [0.29, 0.717) is 11.2 Å². The zero-order valence-corrected chi connectivity index (χ0v) is 12.5. The van der Waals surface area contributed by atoms with Crippen molar-refractivity contribution >= 4 is 27.9 Å². The van der Waals surface area contributed by atoms with E-state index in [1.807, 2.05) is 18.5 Å². The lowest BCUT2D eigenvalue weighted by Crippen LogP contribution is -2.31. The van der Waals surface area contributed by atoms with Crippen molar-refractivity contribution < 1.29 is 5.11 Å². The molecular weight excluding hydrogens is 282 g/mol. The van der Waals surface area contributed by atoms with Gasteiger partial charge in [-0.1, -0.05) is 11.6 Å². The number of likely N-dealkylation sites (tertiary alicyclic amines) is 1. The number of nitrogens with zero attached hydrogens (tertiary/aromatic N) is 3. The molecule has 4 nitrogen and oxygen atoms in total. The average molecular weight is 300 g/mol. The second kappa shape index (κ2) is 5.40. The fourth-order valence-corrected chi connectivity index (χ4v) is 3.92. The molecule has 19 heavy (non-hydrogen) atoms. The molecule has 0 saturated carbocycles. The quantitative estimate of drug-likeness (QED) is 0.944. The van der Waals surface area contributed by atoms with Crippen LogP contribution < -0.4 is 0 Å². The van der Waals surface area contributed by atoms with Crippen molar-refractivity contribution in [1.82, 2.24) is 14.3 Å². The van der Waals surface area contributed by atoms with Crippen molar-refractivity contribution in [1.29, 1.82) is 0 Å². The van der Waals surface area contributed by atoms with Crippen molar-refractivity contribution in [2.24, 2.45) is 0 Å². The maximum absolute atomic E-state index is 9.58. The normalized spacial score (nSPS) is 22.4. The first-order valence-electron chi connectivity index (χ1n) is 6.67. The van der Waals surface area contributed by atoms with Crippen LogP contribution >= 0.6 is 22.9 Å². The largest absolute Gasteiger partial charge is 0.393 e. The smallest absolute Gasteiger partial charge is 0.195 e. The number of imidazole rings is 1. The van der Waals surface area contributed by atoms with E-state index in [1.54, 1.807) is 11.3 Å². The van der Waals surface area contributed by atoms with E-state index in [9.17, 15) is 5.11 Å². The molecule has 1 aliphatic heterocycles. The molecular formula is C13H18ClN3OS. The third-order valence-electron chi connectivity index (χ3n) is 3.78. The van der Waals surface area contributed by atoms with Crippen LogP contribution in [0.3, 0.4) is 0 Å². The molecule has 0 spiro atoms. The van der Waals surface area contributed by atoms with E-state index in [-0.39, 0.29) is 6.10 Å². The van der Waals surface area contributed by atoms with Crippen LogP contribution in [0.5, 0.6) is 0 Å². The van der Waals surface area contributed by atoms with Gasteiger partial charge in [-0.05, 0) is 32.7 Å². The lowest BCUT2D eigenvalue weighted by molar-refractivity contribution is 0.130. The number of halogens is 1. The Bertz CT molecular complexity index is 565. The van der Waals surface area contributed by atoms with E-state index >= 15 is 0 Å². The van der Waals surface area contributed by atoms with E-state index in [4.69, 9.17) is 11.6 Å². The molecule has 2 unspecified atom stereocenters. The monoisotopic (exact) mass is 299 g/mol. The minimum absolute atomic E-state index is 0.243. The standard InChI is InChI=1S/C13H18ClN3OS/c1-9(18)7-10-3-2-4-16(10)8-11-12(14)15-13-17(11)5-6-19-13/h5-6,9-10,18H,2-4,7-8H2,1H3. The summed E-state index contributed by atoms with van der Waals surface area (Å²) in [5.74, 6) is 0. The third-order valence-corrected chi connectivity index (χ3v) is 4.84. The van der Waals surface area contributed by atoms with Crippen LogP contribution in [0.15, 0.2) is 11.6 Å². The van der Waals surface area contributed by atoms with Gasteiger partial charge in [-0.2, -0.15) is 0 Å². The van der Waals surface area contributed by atoms with Crippen LogP contribution in [0.4, 0.5) is 0 Å². The Labute approximate surface area is 121 Å². The van der Waals surface area contributed by atoms with Crippen LogP contribution in [-0.4, -0.2) is 38.1 Å². The number of hydrogen-bond acceptors (Lipinski definition) is 4. The SMILES string of the molecule is CC(O)CC1CCCN1Cc1c(Cl)nc2sccn12. The maximum atomic E-state index is 9.58. The first-order chi connectivity index (χ1) is 9.15. The van der Waals surface area contributed by atoms with Crippen LogP contribution in [0.2, 0.25) is 5.15 Å². The summed E-state index contributed by atoms with van der Waals surface area (Å²) >= 11 is 7.84. The predicted molar refractivity (Wildman–Crippen MR) is 77.8 cm³/mol. The number of thiazole rings is 1. The zero-order chi connectivity index (χ0) is 13.4. The van der Waals surface area contributed by atoms with Gasteiger partial charge in [0.15, 0.2) is 10.1 Å². The summed E-state index contributed by atoms with van der Waals surface area (Å²) in [6.07, 6.45) is 4.97. The van der Waals surface area contributed by atoms with E-state index in [2.05, 4.69) is 14.3 Å². The molecule has 0 aliphatic carbocycles. The first kappa shape index (κ1) is 13.4. The van der Waals surface area contributed by atoms with Crippen molar-refractivity contribution in [3.63, 3.8) is 0 Å². The molecule has 2 aromatic rings. The predicted octanol–water partition coefficient (Wildman–Crippen LogP) is 2.78. The van der Waals surface area contributed by atoms with Crippen LogP contribution in [0.25, 0.3) is 4.96 Å². The number of fused-ring (bicyclic) bond motifs is 1.